The molecule has 2 aromatic heterocycles. The molecular weight excluding hydrogens is 611 g/mol. The van der Waals surface area contributed by atoms with Gasteiger partial charge in [0.25, 0.3) is 0 Å². The molecule has 1 spiro atoms. The van der Waals surface area contributed by atoms with Gasteiger partial charge in [-0.1, -0.05) is 140 Å². The van der Waals surface area contributed by atoms with Gasteiger partial charge >= 0.3 is 0 Å². The zero-order valence-electron chi connectivity index (χ0n) is 27.0. The summed E-state index contributed by atoms with van der Waals surface area (Å²) < 4.78 is 6.51. The van der Waals surface area contributed by atoms with Crippen molar-refractivity contribution >= 4 is 0 Å². The van der Waals surface area contributed by atoms with Crippen molar-refractivity contribution in [2.24, 2.45) is 0 Å². The van der Waals surface area contributed by atoms with E-state index in [9.17, 15) is 0 Å². The molecule has 0 saturated heterocycles. The summed E-state index contributed by atoms with van der Waals surface area (Å²) in [5.41, 5.74) is 13.4. The number of rotatable bonds is 4. The van der Waals surface area contributed by atoms with Gasteiger partial charge in [-0.05, 0) is 52.6 Å². The van der Waals surface area contributed by atoms with Gasteiger partial charge in [-0.15, -0.1) is 0 Å². The van der Waals surface area contributed by atoms with E-state index in [0.29, 0.717) is 5.82 Å². The van der Waals surface area contributed by atoms with Gasteiger partial charge in [-0.3, -0.25) is 4.98 Å². The minimum Gasteiger partial charge on any atom is -0.457 e. The SMILES string of the molecule is c1ccc(-c2cc(-c3ccccc3)nc(-c3ccc(-c4ccc5c(c4)C4(c6ccccc6Oc6ccccc64)c4cccnc4-5)cc3)n2)cc1. The first-order valence-corrected chi connectivity index (χ1v) is 16.9. The van der Waals surface area contributed by atoms with E-state index in [2.05, 4.69) is 115 Å². The molecule has 234 valence electrons. The van der Waals surface area contributed by atoms with Crippen molar-refractivity contribution < 1.29 is 4.74 Å². The van der Waals surface area contributed by atoms with Gasteiger partial charge < -0.3 is 4.74 Å². The van der Waals surface area contributed by atoms with Crippen molar-refractivity contribution in [1.82, 2.24) is 15.0 Å². The van der Waals surface area contributed by atoms with Crippen LogP contribution in [0.2, 0.25) is 0 Å². The Kier molecular flexibility index (Phi) is 6.36. The van der Waals surface area contributed by atoms with E-state index in [1.807, 2.05) is 60.8 Å². The first kappa shape index (κ1) is 28.4. The number of nitrogens with zero attached hydrogens (tertiary/aromatic N) is 3. The fourth-order valence-electron chi connectivity index (χ4n) is 7.78. The number of ether oxygens (including phenoxy) is 1. The van der Waals surface area contributed by atoms with Crippen LogP contribution >= 0.6 is 0 Å². The summed E-state index contributed by atoms with van der Waals surface area (Å²) in [6.45, 7) is 0. The number of pyridine rings is 1. The fraction of sp³-hybridized carbons (Fsp3) is 0.0217. The third-order valence-electron chi connectivity index (χ3n) is 10.0. The molecule has 0 amide bonds. The molecule has 1 aliphatic heterocycles. The molecule has 50 heavy (non-hydrogen) atoms. The van der Waals surface area contributed by atoms with Crippen LogP contribution in [0.15, 0.2) is 176 Å². The molecule has 4 heteroatoms. The van der Waals surface area contributed by atoms with Crippen molar-refractivity contribution in [3.05, 3.63) is 198 Å². The van der Waals surface area contributed by atoms with Crippen molar-refractivity contribution in [2.75, 3.05) is 0 Å². The van der Waals surface area contributed by atoms with E-state index in [-0.39, 0.29) is 0 Å². The van der Waals surface area contributed by atoms with Crippen molar-refractivity contribution in [1.29, 1.82) is 0 Å². The molecule has 0 unspecified atom stereocenters. The van der Waals surface area contributed by atoms with Gasteiger partial charge in [0.15, 0.2) is 5.82 Å². The molecule has 6 aromatic carbocycles. The van der Waals surface area contributed by atoms with E-state index in [1.165, 1.54) is 11.1 Å². The Balaban J connectivity index is 1.11. The van der Waals surface area contributed by atoms with Gasteiger partial charge in [-0.25, -0.2) is 9.97 Å². The summed E-state index contributed by atoms with van der Waals surface area (Å²) in [5.74, 6) is 2.44. The van der Waals surface area contributed by atoms with Gasteiger partial charge in [0.1, 0.15) is 11.5 Å². The molecule has 3 heterocycles. The molecule has 0 bridgehead atoms. The smallest absolute Gasteiger partial charge is 0.160 e. The monoisotopic (exact) mass is 639 g/mol. The molecule has 0 radical (unpaired) electrons. The van der Waals surface area contributed by atoms with Crippen LogP contribution < -0.4 is 4.74 Å². The predicted octanol–water partition coefficient (Wildman–Crippen LogP) is 11.0. The van der Waals surface area contributed by atoms with Crippen LogP contribution in [0.5, 0.6) is 11.5 Å². The lowest BCUT2D eigenvalue weighted by Gasteiger charge is -2.39. The van der Waals surface area contributed by atoms with Crippen LogP contribution in [0.3, 0.4) is 0 Å². The summed E-state index contributed by atoms with van der Waals surface area (Å²) in [7, 11) is 0. The van der Waals surface area contributed by atoms with Crippen LogP contribution in [0.25, 0.3) is 56.3 Å². The Morgan fingerprint density at radius 3 is 1.58 bits per heavy atom. The molecule has 4 nitrogen and oxygen atoms in total. The highest BCUT2D eigenvalue weighted by Crippen LogP contribution is 2.61. The van der Waals surface area contributed by atoms with Crippen LogP contribution in [-0.2, 0) is 5.41 Å². The second kappa shape index (κ2) is 11.2. The summed E-state index contributed by atoms with van der Waals surface area (Å²) in [6, 6.07) is 59.2. The summed E-state index contributed by atoms with van der Waals surface area (Å²) in [5, 5.41) is 0. The second-order valence-electron chi connectivity index (χ2n) is 12.8. The lowest BCUT2D eigenvalue weighted by Crippen LogP contribution is -2.32. The summed E-state index contributed by atoms with van der Waals surface area (Å²) in [4.78, 5) is 15.0. The third-order valence-corrected chi connectivity index (χ3v) is 10.0. The molecular formula is C46H29N3O. The first-order valence-electron chi connectivity index (χ1n) is 16.9. The highest BCUT2D eigenvalue weighted by atomic mass is 16.5. The lowest BCUT2D eigenvalue weighted by atomic mass is 9.66. The Hall–Kier alpha value is -6.65. The number of para-hydroxylation sites is 2. The van der Waals surface area contributed by atoms with Crippen molar-refractivity contribution in [3.8, 4) is 67.8 Å². The Labute approximate surface area is 290 Å². The van der Waals surface area contributed by atoms with Crippen LogP contribution in [0.1, 0.15) is 22.3 Å². The van der Waals surface area contributed by atoms with E-state index < -0.39 is 5.41 Å². The zero-order valence-corrected chi connectivity index (χ0v) is 27.0. The van der Waals surface area contributed by atoms with Crippen LogP contribution in [0, 0.1) is 0 Å². The molecule has 8 aromatic rings. The second-order valence-corrected chi connectivity index (χ2v) is 12.8. The third kappa shape index (κ3) is 4.28. The molecule has 0 fully saturated rings. The molecule has 0 saturated carbocycles. The van der Waals surface area contributed by atoms with Crippen molar-refractivity contribution in [2.45, 2.75) is 5.41 Å². The Morgan fingerprint density at radius 1 is 0.400 bits per heavy atom. The maximum absolute atomic E-state index is 6.51. The molecule has 0 atom stereocenters. The minimum absolute atomic E-state index is 0.556. The maximum Gasteiger partial charge on any atom is 0.160 e. The largest absolute Gasteiger partial charge is 0.457 e. The predicted molar refractivity (Wildman–Crippen MR) is 199 cm³/mol. The van der Waals surface area contributed by atoms with E-state index in [4.69, 9.17) is 19.7 Å². The normalized spacial score (nSPS) is 13.1. The maximum atomic E-state index is 6.51. The van der Waals surface area contributed by atoms with E-state index in [1.54, 1.807) is 0 Å². The number of hydrogen-bond acceptors (Lipinski definition) is 4. The number of fused-ring (bicyclic) bond motifs is 9. The molecule has 1 aliphatic carbocycles. The highest BCUT2D eigenvalue weighted by molar-refractivity contribution is 5.88. The van der Waals surface area contributed by atoms with Gasteiger partial charge in [0.05, 0.1) is 22.5 Å². The van der Waals surface area contributed by atoms with Crippen LogP contribution in [-0.4, -0.2) is 15.0 Å². The quantitative estimate of drug-likeness (QED) is 0.192. The zero-order chi connectivity index (χ0) is 33.1. The van der Waals surface area contributed by atoms with Crippen molar-refractivity contribution in [3.63, 3.8) is 0 Å². The molecule has 2 aliphatic rings. The molecule has 0 N–H and O–H groups in total. The van der Waals surface area contributed by atoms with E-state index in [0.717, 1.165) is 73.1 Å². The molecule has 10 rings (SSSR count). The van der Waals surface area contributed by atoms with Gasteiger partial charge in [0.2, 0.25) is 0 Å². The first-order chi connectivity index (χ1) is 24.8. The Bertz CT molecular complexity index is 2460. The number of hydrogen-bond donors (Lipinski definition) is 0. The lowest BCUT2D eigenvalue weighted by molar-refractivity contribution is 0.436. The fourth-order valence-corrected chi connectivity index (χ4v) is 7.78. The van der Waals surface area contributed by atoms with Gasteiger partial charge in [-0.2, -0.15) is 0 Å². The number of aromatic nitrogens is 3. The standard InChI is InChI=1S/C46H29N3O/c1-3-12-31(13-4-1)40-29-41(32-14-5-2-6-15-32)49-45(48-40)33-23-21-30(22-24-33)34-25-26-35-39(28-34)46(38-18-11-27-47-44(35)38)36-16-7-9-19-42(36)50-43-20-10-8-17-37(43)46/h1-29H. The minimum atomic E-state index is -0.556. The van der Waals surface area contributed by atoms with Gasteiger partial charge in [0, 0.05) is 39.6 Å². The average Bonchev–Trinajstić information content (AvgIpc) is 3.48. The summed E-state index contributed by atoms with van der Waals surface area (Å²) in [6.07, 6.45) is 1.89. The number of benzene rings is 6. The topological polar surface area (TPSA) is 47.9 Å². The Morgan fingerprint density at radius 2 is 0.940 bits per heavy atom. The average molecular weight is 640 g/mol. The summed E-state index contributed by atoms with van der Waals surface area (Å²) >= 11 is 0. The highest BCUT2D eigenvalue weighted by Gasteiger charge is 2.51. The van der Waals surface area contributed by atoms with Crippen LogP contribution in [0.4, 0.5) is 0 Å². The van der Waals surface area contributed by atoms with E-state index >= 15 is 0 Å².